The van der Waals surface area contributed by atoms with Crippen molar-refractivity contribution in [2.24, 2.45) is 5.73 Å². The summed E-state index contributed by atoms with van der Waals surface area (Å²) in [6.07, 6.45) is 0.175. The Balaban J connectivity index is 2.29. The molecular weight excluding hydrogens is 290 g/mol. The maximum atomic E-state index is 11.6. The molecule has 1 atom stereocenters. The largest absolute Gasteiger partial charge is 0.497 e. The fraction of sp³-hybridized carbons (Fsp3) is 0.316. The highest BCUT2D eigenvalue weighted by molar-refractivity contribution is 5.72. The SMILES string of the molecule is CCOC(=O)C[C@H](N)c1ccc(C)c(-c2cccc(OC)c2)c1. The van der Waals surface area contributed by atoms with E-state index in [0.29, 0.717) is 6.61 Å². The summed E-state index contributed by atoms with van der Waals surface area (Å²) in [6, 6.07) is 13.5. The predicted octanol–water partition coefficient (Wildman–Crippen LogP) is 3.62. The van der Waals surface area contributed by atoms with Crippen LogP contribution in [-0.2, 0) is 9.53 Å². The number of nitrogens with two attached hydrogens (primary N) is 1. The van der Waals surface area contributed by atoms with Gasteiger partial charge >= 0.3 is 5.97 Å². The fourth-order valence-corrected chi connectivity index (χ4v) is 2.49. The van der Waals surface area contributed by atoms with E-state index in [4.69, 9.17) is 15.2 Å². The Labute approximate surface area is 137 Å². The van der Waals surface area contributed by atoms with Crippen LogP contribution in [0.1, 0.15) is 30.5 Å². The van der Waals surface area contributed by atoms with E-state index >= 15 is 0 Å². The molecule has 0 aliphatic rings. The van der Waals surface area contributed by atoms with Crippen molar-refractivity contribution in [1.82, 2.24) is 0 Å². The van der Waals surface area contributed by atoms with Gasteiger partial charge in [-0.2, -0.15) is 0 Å². The summed E-state index contributed by atoms with van der Waals surface area (Å²) < 4.78 is 10.3. The van der Waals surface area contributed by atoms with Crippen LogP contribution < -0.4 is 10.5 Å². The van der Waals surface area contributed by atoms with Gasteiger partial charge in [0.1, 0.15) is 5.75 Å². The normalized spacial score (nSPS) is 11.8. The van der Waals surface area contributed by atoms with Crippen molar-refractivity contribution in [2.45, 2.75) is 26.3 Å². The molecule has 4 nitrogen and oxygen atoms in total. The van der Waals surface area contributed by atoms with E-state index in [1.165, 1.54) is 0 Å². The lowest BCUT2D eigenvalue weighted by Gasteiger charge is -2.15. The highest BCUT2D eigenvalue weighted by Crippen LogP contribution is 2.29. The molecule has 0 fully saturated rings. The minimum Gasteiger partial charge on any atom is -0.497 e. The van der Waals surface area contributed by atoms with Crippen molar-refractivity contribution in [3.05, 3.63) is 53.6 Å². The van der Waals surface area contributed by atoms with Crippen LogP contribution in [0.25, 0.3) is 11.1 Å². The number of aryl methyl sites for hydroxylation is 1. The number of carbonyl (C=O) groups is 1. The Morgan fingerprint density at radius 2 is 2.00 bits per heavy atom. The minimum atomic E-state index is -0.376. The zero-order valence-electron chi connectivity index (χ0n) is 13.8. The lowest BCUT2D eigenvalue weighted by atomic mass is 9.94. The summed E-state index contributed by atoms with van der Waals surface area (Å²) in [6.45, 7) is 4.21. The van der Waals surface area contributed by atoms with Gasteiger partial charge in [-0.1, -0.05) is 24.3 Å². The number of esters is 1. The second-order valence-corrected chi connectivity index (χ2v) is 5.42. The summed E-state index contributed by atoms with van der Waals surface area (Å²) in [7, 11) is 1.65. The van der Waals surface area contributed by atoms with Gasteiger partial charge in [0.25, 0.3) is 0 Å². The maximum Gasteiger partial charge on any atom is 0.307 e. The first kappa shape index (κ1) is 17.0. The van der Waals surface area contributed by atoms with Crippen molar-refractivity contribution in [1.29, 1.82) is 0 Å². The molecule has 2 aromatic rings. The third-order valence-electron chi connectivity index (χ3n) is 3.76. The van der Waals surface area contributed by atoms with Gasteiger partial charge in [-0.05, 0) is 54.3 Å². The quantitative estimate of drug-likeness (QED) is 0.827. The molecule has 2 aromatic carbocycles. The molecule has 0 saturated heterocycles. The summed E-state index contributed by atoms with van der Waals surface area (Å²) in [5.41, 5.74) is 10.4. The van der Waals surface area contributed by atoms with Crippen molar-refractivity contribution >= 4 is 5.97 Å². The molecule has 4 heteroatoms. The van der Waals surface area contributed by atoms with Crippen LogP contribution >= 0.6 is 0 Å². The number of ether oxygens (including phenoxy) is 2. The van der Waals surface area contributed by atoms with E-state index in [-0.39, 0.29) is 18.4 Å². The third-order valence-corrected chi connectivity index (χ3v) is 3.76. The molecule has 0 saturated carbocycles. The van der Waals surface area contributed by atoms with E-state index in [1.54, 1.807) is 14.0 Å². The standard InChI is InChI=1S/C19H23NO3/c1-4-23-19(21)12-18(20)15-9-8-13(2)17(11-15)14-6-5-7-16(10-14)22-3/h5-11,18H,4,12,20H2,1-3H3/t18-/m0/s1. The van der Waals surface area contributed by atoms with Crippen LogP contribution in [-0.4, -0.2) is 19.7 Å². The molecule has 0 radical (unpaired) electrons. The van der Waals surface area contributed by atoms with Gasteiger partial charge < -0.3 is 15.2 Å². The Morgan fingerprint density at radius 3 is 2.70 bits per heavy atom. The van der Waals surface area contributed by atoms with Crippen LogP contribution in [0.5, 0.6) is 5.75 Å². The fourth-order valence-electron chi connectivity index (χ4n) is 2.49. The first-order valence-electron chi connectivity index (χ1n) is 7.71. The molecular formula is C19H23NO3. The zero-order valence-corrected chi connectivity index (χ0v) is 13.8. The molecule has 0 aliphatic carbocycles. The molecule has 0 aromatic heterocycles. The summed E-state index contributed by atoms with van der Waals surface area (Å²) >= 11 is 0. The first-order chi connectivity index (χ1) is 11.0. The Kier molecular flexibility index (Phi) is 5.77. The number of hydrogen-bond donors (Lipinski definition) is 1. The molecule has 122 valence electrons. The topological polar surface area (TPSA) is 61.5 Å². The summed E-state index contributed by atoms with van der Waals surface area (Å²) in [4.78, 5) is 11.6. The highest BCUT2D eigenvalue weighted by atomic mass is 16.5. The average Bonchev–Trinajstić information content (AvgIpc) is 2.55. The van der Waals surface area contributed by atoms with Crippen LogP contribution in [0, 0.1) is 6.92 Å². The second kappa shape index (κ2) is 7.79. The van der Waals surface area contributed by atoms with E-state index < -0.39 is 0 Å². The molecule has 0 spiro atoms. The van der Waals surface area contributed by atoms with Crippen molar-refractivity contribution in [2.75, 3.05) is 13.7 Å². The molecule has 0 amide bonds. The number of benzene rings is 2. The Hall–Kier alpha value is -2.33. The van der Waals surface area contributed by atoms with E-state index in [0.717, 1.165) is 28.0 Å². The second-order valence-electron chi connectivity index (χ2n) is 5.42. The average molecular weight is 313 g/mol. The van der Waals surface area contributed by atoms with Crippen molar-refractivity contribution in [3.8, 4) is 16.9 Å². The van der Waals surface area contributed by atoms with E-state index in [1.807, 2.05) is 42.5 Å². The summed E-state index contributed by atoms with van der Waals surface area (Å²) in [5.74, 6) is 0.534. The molecule has 0 unspecified atom stereocenters. The van der Waals surface area contributed by atoms with Gasteiger partial charge in [-0.15, -0.1) is 0 Å². The van der Waals surface area contributed by atoms with Gasteiger partial charge in [0.15, 0.2) is 0 Å². The Bertz CT molecular complexity index is 682. The minimum absolute atomic E-state index is 0.175. The molecule has 23 heavy (non-hydrogen) atoms. The zero-order chi connectivity index (χ0) is 16.8. The van der Waals surface area contributed by atoms with Gasteiger partial charge in [0, 0.05) is 6.04 Å². The maximum absolute atomic E-state index is 11.6. The molecule has 2 N–H and O–H groups in total. The van der Waals surface area contributed by atoms with Crippen LogP contribution in [0.4, 0.5) is 0 Å². The molecule has 0 bridgehead atoms. The van der Waals surface area contributed by atoms with Gasteiger partial charge in [-0.3, -0.25) is 4.79 Å². The third kappa shape index (κ3) is 4.33. The van der Waals surface area contributed by atoms with Crippen LogP contribution in [0.2, 0.25) is 0 Å². The molecule has 2 rings (SSSR count). The number of hydrogen-bond acceptors (Lipinski definition) is 4. The Morgan fingerprint density at radius 1 is 1.22 bits per heavy atom. The van der Waals surface area contributed by atoms with Gasteiger partial charge in [-0.25, -0.2) is 0 Å². The van der Waals surface area contributed by atoms with Crippen molar-refractivity contribution < 1.29 is 14.3 Å². The number of carbonyl (C=O) groups excluding carboxylic acids is 1. The van der Waals surface area contributed by atoms with Crippen molar-refractivity contribution in [3.63, 3.8) is 0 Å². The van der Waals surface area contributed by atoms with Crippen LogP contribution in [0.15, 0.2) is 42.5 Å². The molecule has 0 heterocycles. The van der Waals surface area contributed by atoms with Gasteiger partial charge in [0.2, 0.25) is 0 Å². The van der Waals surface area contributed by atoms with Gasteiger partial charge in [0.05, 0.1) is 20.1 Å². The van der Waals surface area contributed by atoms with E-state index in [9.17, 15) is 4.79 Å². The highest BCUT2D eigenvalue weighted by Gasteiger charge is 2.14. The number of methoxy groups -OCH3 is 1. The molecule has 0 aliphatic heterocycles. The van der Waals surface area contributed by atoms with E-state index in [2.05, 4.69) is 6.92 Å². The van der Waals surface area contributed by atoms with Crippen LogP contribution in [0.3, 0.4) is 0 Å². The first-order valence-corrected chi connectivity index (χ1v) is 7.71. The lowest BCUT2D eigenvalue weighted by molar-refractivity contribution is -0.143. The predicted molar refractivity (Wildman–Crippen MR) is 91.3 cm³/mol. The monoisotopic (exact) mass is 313 g/mol. The lowest BCUT2D eigenvalue weighted by Crippen LogP contribution is -2.17. The summed E-state index contributed by atoms with van der Waals surface area (Å²) in [5, 5.41) is 0. The number of rotatable bonds is 6. The smallest absolute Gasteiger partial charge is 0.307 e.